The second-order valence-electron chi connectivity index (χ2n) is 5.61. The molecule has 1 saturated carbocycles. The fraction of sp³-hybridized carbons (Fsp3) is 0.692. The topological polar surface area (TPSA) is 35.0 Å². The minimum atomic E-state index is -0.00586. The van der Waals surface area contributed by atoms with Crippen molar-refractivity contribution in [3.05, 3.63) is 22.5 Å². The molecular weight excluding hydrogens is 236 g/mol. The Morgan fingerprint density at radius 3 is 2.76 bits per heavy atom. The maximum absolute atomic E-state index is 5.97. The fourth-order valence-corrected chi connectivity index (χ4v) is 3.93. The number of nitrogens with zero attached hydrogens (tertiary/aromatic N) is 2. The average molecular weight is 253 g/mol. The van der Waals surface area contributed by atoms with E-state index < -0.39 is 0 Å². The molecule has 3 nitrogen and oxygen atoms in total. The zero-order valence-corrected chi connectivity index (χ0v) is 11.2. The first-order valence-electron chi connectivity index (χ1n) is 6.08. The van der Waals surface area contributed by atoms with E-state index in [1.807, 2.05) is 6.07 Å². The highest BCUT2D eigenvalue weighted by Crippen LogP contribution is 2.71. The van der Waals surface area contributed by atoms with Crippen molar-refractivity contribution in [1.82, 2.24) is 10.2 Å². The van der Waals surface area contributed by atoms with E-state index in [2.05, 4.69) is 24.0 Å². The Morgan fingerprint density at radius 1 is 1.47 bits per heavy atom. The Morgan fingerprint density at radius 2 is 2.18 bits per heavy atom. The summed E-state index contributed by atoms with van der Waals surface area (Å²) < 4.78 is 5.44. The Labute approximate surface area is 107 Å². The van der Waals surface area contributed by atoms with E-state index in [4.69, 9.17) is 16.3 Å². The van der Waals surface area contributed by atoms with Gasteiger partial charge in [-0.3, -0.25) is 0 Å². The summed E-state index contributed by atoms with van der Waals surface area (Å²) in [6.45, 7) is 5.25. The van der Waals surface area contributed by atoms with Crippen LogP contribution in [0.1, 0.15) is 43.9 Å². The van der Waals surface area contributed by atoms with Gasteiger partial charge in [0.15, 0.2) is 5.15 Å². The summed E-state index contributed by atoms with van der Waals surface area (Å²) in [6, 6.07) is 1.98. The van der Waals surface area contributed by atoms with Gasteiger partial charge in [0.1, 0.15) is 0 Å². The van der Waals surface area contributed by atoms with Gasteiger partial charge in [-0.25, -0.2) is 0 Å². The van der Waals surface area contributed by atoms with Gasteiger partial charge in [-0.15, -0.1) is 5.10 Å². The maximum Gasteiger partial charge on any atom is 0.152 e. The van der Waals surface area contributed by atoms with Crippen LogP contribution in [0.15, 0.2) is 6.07 Å². The van der Waals surface area contributed by atoms with Gasteiger partial charge in [-0.05, 0) is 35.8 Å². The number of hydrogen-bond acceptors (Lipinski definition) is 3. The van der Waals surface area contributed by atoms with Gasteiger partial charge in [0.05, 0.1) is 12.3 Å². The van der Waals surface area contributed by atoms with Crippen molar-refractivity contribution in [3.8, 4) is 0 Å². The van der Waals surface area contributed by atoms with E-state index in [0.717, 1.165) is 5.69 Å². The minimum Gasteiger partial charge on any atom is -0.384 e. The first-order chi connectivity index (χ1) is 8.05. The summed E-state index contributed by atoms with van der Waals surface area (Å²) in [4.78, 5) is 0. The van der Waals surface area contributed by atoms with Crippen LogP contribution in [0.25, 0.3) is 0 Å². The first kappa shape index (κ1) is 11.4. The zero-order chi connectivity index (χ0) is 12.3. The van der Waals surface area contributed by atoms with E-state index in [-0.39, 0.29) is 5.41 Å². The number of hydrogen-bond donors (Lipinski definition) is 0. The number of rotatable bonds is 2. The van der Waals surface area contributed by atoms with Crippen molar-refractivity contribution in [2.75, 3.05) is 13.7 Å². The molecule has 0 aliphatic heterocycles. The smallest absolute Gasteiger partial charge is 0.152 e. The van der Waals surface area contributed by atoms with Crippen LogP contribution in [-0.4, -0.2) is 23.9 Å². The molecule has 2 unspecified atom stereocenters. The Kier molecular flexibility index (Phi) is 2.30. The van der Waals surface area contributed by atoms with Gasteiger partial charge in [0, 0.05) is 12.5 Å². The zero-order valence-electron chi connectivity index (χ0n) is 10.5. The molecule has 0 bridgehead atoms. The molecule has 0 radical (unpaired) electrons. The lowest BCUT2D eigenvalue weighted by atomic mass is 9.73. The van der Waals surface area contributed by atoms with Crippen LogP contribution in [0.4, 0.5) is 0 Å². The van der Waals surface area contributed by atoms with Gasteiger partial charge in [-0.2, -0.15) is 5.10 Å². The molecule has 2 aliphatic rings. The lowest BCUT2D eigenvalue weighted by molar-refractivity contribution is 0.0910. The van der Waals surface area contributed by atoms with Crippen molar-refractivity contribution in [2.45, 2.75) is 38.0 Å². The number of fused-ring (bicyclic) bond motifs is 1. The maximum atomic E-state index is 5.97. The molecule has 1 heterocycles. The third kappa shape index (κ3) is 1.27. The van der Waals surface area contributed by atoms with Gasteiger partial charge in [-0.1, -0.05) is 25.4 Å². The molecule has 2 atom stereocenters. The Hall–Kier alpha value is -0.670. The van der Waals surface area contributed by atoms with Crippen molar-refractivity contribution in [2.24, 2.45) is 5.41 Å². The summed E-state index contributed by atoms with van der Waals surface area (Å²) >= 11 is 5.97. The van der Waals surface area contributed by atoms with Crippen LogP contribution in [0, 0.1) is 5.41 Å². The van der Waals surface area contributed by atoms with Crippen LogP contribution in [0.3, 0.4) is 0 Å². The number of ether oxygens (including phenoxy) is 1. The van der Waals surface area contributed by atoms with Crippen molar-refractivity contribution in [1.29, 1.82) is 0 Å². The van der Waals surface area contributed by atoms with E-state index in [9.17, 15) is 0 Å². The molecular formula is C13H17ClN2O. The summed E-state index contributed by atoms with van der Waals surface area (Å²) in [5, 5.41) is 8.86. The summed E-state index contributed by atoms with van der Waals surface area (Å²) in [5.74, 6) is 0.505. The quantitative estimate of drug-likeness (QED) is 0.812. The molecule has 0 N–H and O–H groups in total. The van der Waals surface area contributed by atoms with Crippen LogP contribution in [0.2, 0.25) is 5.15 Å². The van der Waals surface area contributed by atoms with Crippen LogP contribution >= 0.6 is 11.6 Å². The molecule has 4 heteroatoms. The summed E-state index contributed by atoms with van der Waals surface area (Å²) in [7, 11) is 1.76. The van der Waals surface area contributed by atoms with Crippen molar-refractivity contribution >= 4 is 11.6 Å². The Bertz CT molecular complexity index is 472. The lowest BCUT2D eigenvalue weighted by Crippen LogP contribution is -2.36. The number of methoxy groups -OCH3 is 1. The van der Waals surface area contributed by atoms with Gasteiger partial charge >= 0.3 is 0 Å². The molecule has 3 rings (SSSR count). The normalized spacial score (nSPS) is 32.8. The monoisotopic (exact) mass is 252 g/mol. The van der Waals surface area contributed by atoms with Gasteiger partial charge in [0.2, 0.25) is 0 Å². The molecule has 2 aliphatic carbocycles. The van der Waals surface area contributed by atoms with Gasteiger partial charge in [0.25, 0.3) is 0 Å². The average Bonchev–Trinajstić information content (AvgIpc) is 3.06. The summed E-state index contributed by atoms with van der Waals surface area (Å²) in [6.07, 6.45) is 2.50. The lowest BCUT2D eigenvalue weighted by Gasteiger charge is -2.32. The van der Waals surface area contributed by atoms with Crippen LogP contribution in [0.5, 0.6) is 0 Å². The highest BCUT2D eigenvalue weighted by molar-refractivity contribution is 6.29. The molecule has 0 amide bonds. The highest BCUT2D eigenvalue weighted by atomic mass is 35.5. The van der Waals surface area contributed by atoms with E-state index in [1.54, 1.807) is 7.11 Å². The van der Waals surface area contributed by atoms with E-state index in [0.29, 0.717) is 23.1 Å². The number of aromatic nitrogens is 2. The Balaban J connectivity index is 2.17. The highest BCUT2D eigenvalue weighted by Gasteiger charge is 2.66. The SMILES string of the molecule is COCC1(C)c2nnc(Cl)cc2C(C)C12CC2. The fourth-order valence-electron chi connectivity index (χ4n) is 3.77. The first-order valence-corrected chi connectivity index (χ1v) is 6.45. The molecule has 1 aromatic rings. The third-order valence-electron chi connectivity index (χ3n) is 4.93. The summed E-state index contributed by atoms with van der Waals surface area (Å²) in [5.41, 5.74) is 2.68. The molecule has 17 heavy (non-hydrogen) atoms. The predicted octanol–water partition coefficient (Wildman–Crippen LogP) is 2.93. The molecule has 0 aromatic carbocycles. The van der Waals surface area contributed by atoms with Crippen molar-refractivity contribution in [3.63, 3.8) is 0 Å². The van der Waals surface area contributed by atoms with Crippen LogP contribution in [-0.2, 0) is 10.2 Å². The largest absolute Gasteiger partial charge is 0.384 e. The molecule has 92 valence electrons. The van der Waals surface area contributed by atoms with Crippen LogP contribution < -0.4 is 0 Å². The molecule has 1 spiro atoms. The second-order valence-corrected chi connectivity index (χ2v) is 6.00. The third-order valence-corrected chi connectivity index (χ3v) is 5.12. The molecule has 1 fully saturated rings. The predicted molar refractivity (Wildman–Crippen MR) is 66.4 cm³/mol. The van der Waals surface area contributed by atoms with Gasteiger partial charge < -0.3 is 4.74 Å². The van der Waals surface area contributed by atoms with Crippen molar-refractivity contribution < 1.29 is 4.74 Å². The second kappa shape index (κ2) is 3.42. The molecule has 1 aromatic heterocycles. The van der Waals surface area contributed by atoms with E-state index >= 15 is 0 Å². The minimum absolute atomic E-state index is 0.00586. The number of halogens is 1. The van der Waals surface area contributed by atoms with E-state index in [1.165, 1.54) is 18.4 Å². The standard InChI is InChI=1S/C13H17ClN2O/c1-8-9-6-10(14)15-16-11(9)12(2,7-17-3)13(8)4-5-13/h6,8H,4-5,7H2,1-3H3. The molecule has 0 saturated heterocycles.